The summed E-state index contributed by atoms with van der Waals surface area (Å²) in [6.07, 6.45) is 0. The molecule has 1 aromatic carbocycles. The molecule has 0 unspecified atom stereocenters. The average Bonchev–Trinajstić information content (AvgIpc) is 2.38. The van der Waals surface area contributed by atoms with Crippen LogP contribution in [0.25, 0.3) is 0 Å². The second-order valence-corrected chi connectivity index (χ2v) is 5.13. The average molecular weight is 247 g/mol. The first-order valence-corrected chi connectivity index (χ1v) is 6.57. The van der Waals surface area contributed by atoms with E-state index in [2.05, 4.69) is 26.8 Å². The van der Waals surface area contributed by atoms with Gasteiger partial charge in [0.05, 0.1) is 13.2 Å². The fraction of sp³-hybridized carbons (Fsp3) is 0.533. The summed E-state index contributed by atoms with van der Waals surface area (Å²) in [7, 11) is 0. The Hall–Kier alpha value is -1.35. The summed E-state index contributed by atoms with van der Waals surface area (Å²) in [5.41, 5.74) is 3.30. The first-order valence-electron chi connectivity index (χ1n) is 6.57. The SMILES string of the molecule is Cc1cc(C(=O)N2CCOCC2)ccc1C(C)C. The van der Waals surface area contributed by atoms with Crippen molar-refractivity contribution in [2.75, 3.05) is 26.3 Å². The number of aryl methyl sites for hydroxylation is 1. The first kappa shape index (κ1) is 13.1. The van der Waals surface area contributed by atoms with Crippen LogP contribution in [0.2, 0.25) is 0 Å². The normalized spacial score (nSPS) is 16.1. The van der Waals surface area contributed by atoms with E-state index in [0.29, 0.717) is 32.2 Å². The topological polar surface area (TPSA) is 29.5 Å². The highest BCUT2D eigenvalue weighted by molar-refractivity contribution is 5.94. The molecule has 0 atom stereocenters. The molecule has 2 rings (SSSR count). The van der Waals surface area contributed by atoms with Crippen LogP contribution >= 0.6 is 0 Å². The van der Waals surface area contributed by atoms with Gasteiger partial charge in [0.2, 0.25) is 0 Å². The number of carbonyl (C=O) groups excluding carboxylic acids is 1. The minimum atomic E-state index is 0.122. The molecule has 1 amide bonds. The Morgan fingerprint density at radius 2 is 1.94 bits per heavy atom. The smallest absolute Gasteiger partial charge is 0.254 e. The van der Waals surface area contributed by atoms with Gasteiger partial charge in [0.25, 0.3) is 5.91 Å². The van der Waals surface area contributed by atoms with E-state index in [4.69, 9.17) is 4.74 Å². The van der Waals surface area contributed by atoms with E-state index in [1.54, 1.807) is 0 Å². The van der Waals surface area contributed by atoms with Gasteiger partial charge in [0, 0.05) is 18.7 Å². The monoisotopic (exact) mass is 247 g/mol. The summed E-state index contributed by atoms with van der Waals surface area (Å²) in [5.74, 6) is 0.620. The fourth-order valence-corrected chi connectivity index (χ4v) is 2.41. The summed E-state index contributed by atoms with van der Waals surface area (Å²) in [6, 6.07) is 6.03. The van der Waals surface area contributed by atoms with E-state index >= 15 is 0 Å². The van der Waals surface area contributed by atoms with Crippen LogP contribution in [0.15, 0.2) is 18.2 Å². The van der Waals surface area contributed by atoms with Gasteiger partial charge in [-0.1, -0.05) is 19.9 Å². The predicted molar refractivity (Wildman–Crippen MR) is 72.0 cm³/mol. The van der Waals surface area contributed by atoms with Crippen molar-refractivity contribution in [2.24, 2.45) is 0 Å². The lowest BCUT2D eigenvalue weighted by molar-refractivity contribution is 0.0303. The second-order valence-electron chi connectivity index (χ2n) is 5.13. The maximum atomic E-state index is 12.3. The van der Waals surface area contributed by atoms with Crippen molar-refractivity contribution in [3.63, 3.8) is 0 Å². The maximum Gasteiger partial charge on any atom is 0.254 e. The highest BCUT2D eigenvalue weighted by Gasteiger charge is 2.19. The van der Waals surface area contributed by atoms with Crippen LogP contribution in [-0.2, 0) is 4.74 Å². The minimum Gasteiger partial charge on any atom is -0.378 e. The number of ether oxygens (including phenoxy) is 1. The maximum absolute atomic E-state index is 12.3. The van der Waals surface area contributed by atoms with E-state index in [9.17, 15) is 4.79 Å². The molecule has 0 N–H and O–H groups in total. The van der Waals surface area contributed by atoms with Crippen molar-refractivity contribution in [3.05, 3.63) is 34.9 Å². The molecule has 0 spiro atoms. The molecule has 1 saturated heterocycles. The quantitative estimate of drug-likeness (QED) is 0.804. The Bertz CT molecular complexity index is 434. The van der Waals surface area contributed by atoms with Crippen molar-refractivity contribution in [1.82, 2.24) is 4.90 Å². The molecule has 0 aromatic heterocycles. The summed E-state index contributed by atoms with van der Waals surface area (Å²) in [6.45, 7) is 9.11. The fourth-order valence-electron chi connectivity index (χ4n) is 2.41. The van der Waals surface area contributed by atoms with Gasteiger partial charge in [-0.2, -0.15) is 0 Å². The molecule has 0 bridgehead atoms. The van der Waals surface area contributed by atoms with Crippen LogP contribution in [0.1, 0.15) is 41.3 Å². The van der Waals surface area contributed by atoms with Crippen molar-refractivity contribution >= 4 is 5.91 Å². The van der Waals surface area contributed by atoms with Crippen LogP contribution in [0.3, 0.4) is 0 Å². The highest BCUT2D eigenvalue weighted by atomic mass is 16.5. The number of hydrogen-bond acceptors (Lipinski definition) is 2. The molecule has 1 aliphatic heterocycles. The molecule has 1 aromatic rings. The lowest BCUT2D eigenvalue weighted by atomic mass is 9.96. The standard InChI is InChI=1S/C15H21NO2/c1-11(2)14-5-4-13(10-12(14)3)15(17)16-6-8-18-9-7-16/h4-5,10-11H,6-9H2,1-3H3. The third-order valence-corrected chi connectivity index (χ3v) is 3.44. The predicted octanol–water partition coefficient (Wildman–Crippen LogP) is 2.59. The van der Waals surface area contributed by atoms with E-state index in [1.165, 1.54) is 11.1 Å². The van der Waals surface area contributed by atoms with Gasteiger partial charge in [0.1, 0.15) is 0 Å². The Kier molecular flexibility index (Phi) is 4.02. The number of nitrogens with zero attached hydrogens (tertiary/aromatic N) is 1. The highest BCUT2D eigenvalue weighted by Crippen LogP contribution is 2.20. The Balaban J connectivity index is 2.18. The molecule has 1 aliphatic rings. The number of rotatable bonds is 2. The zero-order valence-corrected chi connectivity index (χ0v) is 11.4. The molecular formula is C15H21NO2. The van der Waals surface area contributed by atoms with Crippen LogP contribution in [0, 0.1) is 6.92 Å². The number of morpholine rings is 1. The molecule has 0 saturated carbocycles. The zero-order valence-electron chi connectivity index (χ0n) is 11.4. The van der Waals surface area contributed by atoms with Gasteiger partial charge in [-0.3, -0.25) is 4.79 Å². The van der Waals surface area contributed by atoms with Crippen molar-refractivity contribution in [2.45, 2.75) is 26.7 Å². The number of benzene rings is 1. The molecule has 1 fully saturated rings. The largest absolute Gasteiger partial charge is 0.378 e. The molecule has 98 valence electrons. The van der Waals surface area contributed by atoms with Gasteiger partial charge < -0.3 is 9.64 Å². The number of hydrogen-bond donors (Lipinski definition) is 0. The van der Waals surface area contributed by atoms with Gasteiger partial charge in [-0.25, -0.2) is 0 Å². The van der Waals surface area contributed by atoms with Gasteiger partial charge in [0.15, 0.2) is 0 Å². The number of carbonyl (C=O) groups is 1. The van der Waals surface area contributed by atoms with Gasteiger partial charge in [-0.05, 0) is 36.1 Å². The van der Waals surface area contributed by atoms with Crippen LogP contribution in [-0.4, -0.2) is 37.1 Å². The van der Waals surface area contributed by atoms with Crippen molar-refractivity contribution < 1.29 is 9.53 Å². The third kappa shape index (κ3) is 2.72. The van der Waals surface area contributed by atoms with Crippen molar-refractivity contribution in [3.8, 4) is 0 Å². The van der Waals surface area contributed by atoms with Crippen LogP contribution < -0.4 is 0 Å². The summed E-state index contributed by atoms with van der Waals surface area (Å²) >= 11 is 0. The molecule has 0 radical (unpaired) electrons. The van der Waals surface area contributed by atoms with Gasteiger partial charge in [-0.15, -0.1) is 0 Å². The lowest BCUT2D eigenvalue weighted by Gasteiger charge is -2.27. The van der Waals surface area contributed by atoms with Gasteiger partial charge >= 0.3 is 0 Å². The van der Waals surface area contributed by atoms with E-state index < -0.39 is 0 Å². The third-order valence-electron chi connectivity index (χ3n) is 3.44. The molecule has 3 heteroatoms. The Labute approximate surface area is 109 Å². The molecule has 3 nitrogen and oxygen atoms in total. The van der Waals surface area contributed by atoms with Crippen LogP contribution in [0.4, 0.5) is 0 Å². The van der Waals surface area contributed by atoms with Crippen molar-refractivity contribution in [1.29, 1.82) is 0 Å². The van der Waals surface area contributed by atoms with E-state index in [0.717, 1.165) is 5.56 Å². The zero-order chi connectivity index (χ0) is 13.1. The van der Waals surface area contributed by atoms with Crippen LogP contribution in [0.5, 0.6) is 0 Å². The molecule has 18 heavy (non-hydrogen) atoms. The lowest BCUT2D eigenvalue weighted by Crippen LogP contribution is -2.40. The van der Waals surface area contributed by atoms with E-state index in [-0.39, 0.29) is 5.91 Å². The summed E-state index contributed by atoms with van der Waals surface area (Å²) < 4.78 is 5.27. The minimum absolute atomic E-state index is 0.122. The summed E-state index contributed by atoms with van der Waals surface area (Å²) in [4.78, 5) is 14.2. The molecule has 1 heterocycles. The van der Waals surface area contributed by atoms with E-state index in [1.807, 2.05) is 17.0 Å². The Morgan fingerprint density at radius 1 is 1.28 bits per heavy atom. The number of amides is 1. The molecule has 0 aliphatic carbocycles. The Morgan fingerprint density at radius 3 is 2.50 bits per heavy atom. The summed E-state index contributed by atoms with van der Waals surface area (Å²) in [5, 5.41) is 0. The molecular weight excluding hydrogens is 226 g/mol. The second kappa shape index (κ2) is 5.53. The first-order chi connectivity index (χ1) is 8.59.